The zero-order chi connectivity index (χ0) is 16.9. The molecule has 0 heterocycles. The summed E-state index contributed by atoms with van der Waals surface area (Å²) in [4.78, 5) is 11.8. The SMILES string of the molecule is CC(C)CC(C)NC(=O)NC(CO)c1cc(F)c(F)c(F)c1. The van der Waals surface area contributed by atoms with Crippen molar-refractivity contribution < 1.29 is 23.1 Å². The Morgan fingerprint density at radius 1 is 1.14 bits per heavy atom. The van der Waals surface area contributed by atoms with Crippen molar-refractivity contribution in [2.24, 2.45) is 5.92 Å². The third-order valence-electron chi connectivity index (χ3n) is 3.10. The van der Waals surface area contributed by atoms with Crippen LogP contribution in [0.25, 0.3) is 0 Å². The van der Waals surface area contributed by atoms with E-state index in [1.807, 2.05) is 20.8 Å². The number of hydrogen-bond acceptors (Lipinski definition) is 2. The van der Waals surface area contributed by atoms with Gasteiger partial charge in [0, 0.05) is 6.04 Å². The number of benzene rings is 1. The summed E-state index contributed by atoms with van der Waals surface area (Å²) in [6.07, 6.45) is 0.761. The monoisotopic (exact) mass is 318 g/mol. The van der Waals surface area contributed by atoms with Gasteiger partial charge in [-0.1, -0.05) is 13.8 Å². The van der Waals surface area contributed by atoms with Crippen molar-refractivity contribution in [2.45, 2.75) is 39.3 Å². The van der Waals surface area contributed by atoms with Crippen LogP contribution in [0.4, 0.5) is 18.0 Å². The summed E-state index contributed by atoms with van der Waals surface area (Å²) in [5, 5.41) is 14.3. The Labute approximate surface area is 127 Å². The van der Waals surface area contributed by atoms with Crippen LogP contribution in [-0.4, -0.2) is 23.8 Å². The van der Waals surface area contributed by atoms with Crippen LogP contribution >= 0.6 is 0 Å². The first-order valence-corrected chi connectivity index (χ1v) is 7.06. The normalized spacial score (nSPS) is 13.8. The maximum Gasteiger partial charge on any atom is 0.315 e. The first kappa shape index (κ1) is 18.3. The average Bonchev–Trinajstić information content (AvgIpc) is 2.40. The molecule has 0 bridgehead atoms. The minimum atomic E-state index is -1.59. The Bertz CT molecular complexity index is 501. The summed E-state index contributed by atoms with van der Waals surface area (Å²) >= 11 is 0. The summed E-state index contributed by atoms with van der Waals surface area (Å²) in [6.45, 7) is 5.27. The lowest BCUT2D eigenvalue weighted by Crippen LogP contribution is -2.43. The fraction of sp³-hybridized carbons (Fsp3) is 0.533. The van der Waals surface area contributed by atoms with E-state index in [-0.39, 0.29) is 11.6 Å². The van der Waals surface area contributed by atoms with Crippen LogP contribution in [0.5, 0.6) is 0 Å². The smallest absolute Gasteiger partial charge is 0.315 e. The second-order valence-electron chi connectivity index (χ2n) is 5.68. The van der Waals surface area contributed by atoms with Crippen LogP contribution in [0.1, 0.15) is 38.8 Å². The Hall–Kier alpha value is -1.76. The van der Waals surface area contributed by atoms with Crippen LogP contribution in [-0.2, 0) is 0 Å². The highest BCUT2D eigenvalue weighted by Gasteiger charge is 2.19. The molecule has 0 fully saturated rings. The van der Waals surface area contributed by atoms with Crippen molar-refractivity contribution >= 4 is 6.03 Å². The molecule has 0 spiro atoms. The molecule has 22 heavy (non-hydrogen) atoms. The van der Waals surface area contributed by atoms with Crippen molar-refractivity contribution in [3.8, 4) is 0 Å². The number of carbonyl (C=O) groups excluding carboxylic acids is 1. The van der Waals surface area contributed by atoms with Gasteiger partial charge in [-0.25, -0.2) is 18.0 Å². The van der Waals surface area contributed by atoms with Gasteiger partial charge in [-0.05, 0) is 37.0 Å². The summed E-state index contributed by atoms with van der Waals surface area (Å²) in [5.41, 5.74) is -0.0504. The minimum Gasteiger partial charge on any atom is -0.394 e. The van der Waals surface area contributed by atoms with Gasteiger partial charge in [-0.15, -0.1) is 0 Å². The van der Waals surface area contributed by atoms with Gasteiger partial charge in [-0.2, -0.15) is 0 Å². The molecule has 124 valence electrons. The third kappa shape index (κ3) is 5.22. The molecule has 4 nitrogen and oxygen atoms in total. The molecule has 3 N–H and O–H groups in total. The fourth-order valence-electron chi connectivity index (χ4n) is 2.20. The Morgan fingerprint density at radius 2 is 1.68 bits per heavy atom. The Balaban J connectivity index is 2.75. The molecular weight excluding hydrogens is 297 g/mol. The predicted octanol–water partition coefficient (Wildman–Crippen LogP) is 2.87. The number of aliphatic hydroxyl groups excluding tert-OH is 1. The van der Waals surface area contributed by atoms with Crippen molar-refractivity contribution in [2.75, 3.05) is 6.61 Å². The summed E-state index contributed by atoms with van der Waals surface area (Å²) in [7, 11) is 0. The van der Waals surface area contributed by atoms with Crippen LogP contribution in [0, 0.1) is 23.4 Å². The van der Waals surface area contributed by atoms with Crippen molar-refractivity contribution in [3.05, 3.63) is 35.1 Å². The number of nitrogens with one attached hydrogen (secondary N) is 2. The van der Waals surface area contributed by atoms with Gasteiger partial charge in [0.05, 0.1) is 12.6 Å². The lowest BCUT2D eigenvalue weighted by atomic mass is 10.1. The van der Waals surface area contributed by atoms with E-state index in [1.165, 1.54) is 0 Å². The first-order chi connectivity index (χ1) is 10.2. The maximum absolute atomic E-state index is 13.2. The lowest BCUT2D eigenvalue weighted by Gasteiger charge is -2.21. The first-order valence-electron chi connectivity index (χ1n) is 7.06. The largest absolute Gasteiger partial charge is 0.394 e. The fourth-order valence-corrected chi connectivity index (χ4v) is 2.20. The molecule has 0 aliphatic heterocycles. The average molecular weight is 318 g/mol. The molecule has 1 aromatic carbocycles. The number of amides is 2. The molecule has 0 aliphatic carbocycles. The quantitative estimate of drug-likeness (QED) is 0.706. The molecule has 0 saturated heterocycles. The van der Waals surface area contributed by atoms with Gasteiger partial charge in [0.15, 0.2) is 17.5 Å². The van der Waals surface area contributed by atoms with Crippen LogP contribution in [0.15, 0.2) is 12.1 Å². The van der Waals surface area contributed by atoms with Gasteiger partial charge in [0.1, 0.15) is 0 Å². The molecule has 1 rings (SSSR count). The second-order valence-corrected chi connectivity index (χ2v) is 5.68. The topological polar surface area (TPSA) is 61.4 Å². The Kier molecular flexibility index (Phi) is 6.67. The van der Waals surface area contributed by atoms with Crippen LogP contribution in [0.2, 0.25) is 0 Å². The second kappa shape index (κ2) is 8.03. The van der Waals surface area contributed by atoms with E-state index >= 15 is 0 Å². The van der Waals surface area contributed by atoms with Crippen molar-refractivity contribution in [1.82, 2.24) is 10.6 Å². The number of aliphatic hydroxyl groups is 1. The number of carbonyl (C=O) groups is 1. The predicted molar refractivity (Wildman–Crippen MR) is 76.7 cm³/mol. The van der Waals surface area contributed by atoms with Gasteiger partial charge in [0.25, 0.3) is 0 Å². The van der Waals surface area contributed by atoms with Crippen molar-refractivity contribution in [3.63, 3.8) is 0 Å². The molecule has 2 unspecified atom stereocenters. The molecule has 0 saturated carbocycles. The van der Waals surface area contributed by atoms with E-state index in [4.69, 9.17) is 0 Å². The van der Waals surface area contributed by atoms with Gasteiger partial charge in [-0.3, -0.25) is 0 Å². The third-order valence-corrected chi connectivity index (χ3v) is 3.10. The molecule has 0 aromatic heterocycles. The van der Waals surface area contributed by atoms with E-state index < -0.39 is 36.1 Å². The van der Waals surface area contributed by atoms with E-state index in [1.54, 1.807) is 0 Å². The van der Waals surface area contributed by atoms with E-state index in [2.05, 4.69) is 10.6 Å². The number of urea groups is 1. The molecular formula is C15H21F3N2O2. The summed E-state index contributed by atoms with van der Waals surface area (Å²) in [5.74, 6) is -3.94. The minimum absolute atomic E-state index is 0.0504. The highest BCUT2D eigenvalue weighted by Crippen LogP contribution is 2.19. The summed E-state index contributed by atoms with van der Waals surface area (Å²) < 4.78 is 39.3. The number of rotatable bonds is 6. The zero-order valence-corrected chi connectivity index (χ0v) is 12.8. The molecule has 2 amide bonds. The molecule has 0 radical (unpaired) electrons. The highest BCUT2D eigenvalue weighted by molar-refractivity contribution is 5.74. The van der Waals surface area contributed by atoms with Gasteiger partial charge in [0.2, 0.25) is 0 Å². The zero-order valence-electron chi connectivity index (χ0n) is 12.8. The van der Waals surface area contributed by atoms with E-state index in [9.17, 15) is 23.1 Å². The summed E-state index contributed by atoms with van der Waals surface area (Å²) in [6, 6.07) is -0.205. The van der Waals surface area contributed by atoms with Gasteiger partial charge < -0.3 is 15.7 Å². The van der Waals surface area contributed by atoms with Crippen LogP contribution < -0.4 is 10.6 Å². The molecule has 2 atom stereocenters. The van der Waals surface area contributed by atoms with Crippen LogP contribution in [0.3, 0.4) is 0 Å². The standard InChI is InChI=1S/C15H21F3N2O2/c1-8(2)4-9(3)19-15(22)20-13(7-21)10-5-11(16)14(18)12(17)6-10/h5-6,8-9,13,21H,4,7H2,1-3H3,(H2,19,20,22). The van der Waals surface area contributed by atoms with E-state index in [0.717, 1.165) is 18.6 Å². The molecule has 7 heteroatoms. The molecule has 1 aromatic rings. The van der Waals surface area contributed by atoms with Gasteiger partial charge >= 0.3 is 6.03 Å². The maximum atomic E-state index is 13.2. The number of hydrogen-bond donors (Lipinski definition) is 3. The number of halogens is 3. The van der Waals surface area contributed by atoms with E-state index in [0.29, 0.717) is 5.92 Å². The highest BCUT2D eigenvalue weighted by atomic mass is 19.2. The molecule has 0 aliphatic rings. The van der Waals surface area contributed by atoms with Crippen molar-refractivity contribution in [1.29, 1.82) is 0 Å². The lowest BCUT2D eigenvalue weighted by molar-refractivity contribution is 0.213. The Morgan fingerprint density at radius 3 is 2.14 bits per heavy atom.